The van der Waals surface area contributed by atoms with E-state index in [4.69, 9.17) is 21.2 Å². The number of likely N-dealkylation sites (tertiary alicyclic amines) is 1. The molecule has 0 aliphatic carbocycles. The second-order valence-electron chi connectivity index (χ2n) is 9.01. The van der Waals surface area contributed by atoms with Crippen LogP contribution in [0.1, 0.15) is 53.0 Å². The van der Waals surface area contributed by atoms with E-state index in [0.29, 0.717) is 10.1 Å². The average molecular weight is 471 g/mol. The first-order valence-corrected chi connectivity index (χ1v) is 10.9. The van der Waals surface area contributed by atoms with Crippen molar-refractivity contribution >= 4 is 35.5 Å². The van der Waals surface area contributed by atoms with Crippen LogP contribution in [-0.2, 0) is 14.4 Å². The number of ether oxygens (including phenoxy) is 1. The summed E-state index contributed by atoms with van der Waals surface area (Å²) >= 11 is 6.00. The Morgan fingerprint density at radius 1 is 0.939 bits per heavy atom. The van der Waals surface area contributed by atoms with Gasteiger partial charge in [0, 0.05) is 24.0 Å². The quantitative estimate of drug-likeness (QED) is 0.628. The van der Waals surface area contributed by atoms with E-state index in [0.717, 1.165) is 5.56 Å². The van der Waals surface area contributed by atoms with Gasteiger partial charge in [-0.1, -0.05) is 40.9 Å². The van der Waals surface area contributed by atoms with Gasteiger partial charge in [0.05, 0.1) is 17.0 Å². The Hall–Kier alpha value is -3.39. The number of benzene rings is 2. The van der Waals surface area contributed by atoms with E-state index >= 15 is 0 Å². The molecule has 0 spiro atoms. The van der Waals surface area contributed by atoms with E-state index in [-0.39, 0.29) is 24.2 Å². The maximum absolute atomic E-state index is 13.2. The molecule has 0 N–H and O–H groups in total. The number of hydrogen-bond donors (Lipinski definition) is 0. The van der Waals surface area contributed by atoms with Crippen LogP contribution in [0, 0.1) is 5.92 Å². The summed E-state index contributed by atoms with van der Waals surface area (Å²) in [4.78, 5) is 57.8. The third-order valence-corrected chi connectivity index (χ3v) is 5.76. The van der Waals surface area contributed by atoms with Crippen molar-refractivity contribution < 1.29 is 28.8 Å². The molecule has 2 aromatic carbocycles. The smallest absolute Gasteiger partial charge is 0.410 e. The molecule has 8 nitrogen and oxygen atoms in total. The lowest BCUT2D eigenvalue weighted by atomic mass is 9.89. The summed E-state index contributed by atoms with van der Waals surface area (Å²) in [5, 5.41) is 1.02. The fourth-order valence-corrected chi connectivity index (χ4v) is 4.10. The summed E-state index contributed by atoms with van der Waals surface area (Å²) in [6.45, 7) is 5.49. The van der Waals surface area contributed by atoms with Crippen LogP contribution in [0.25, 0.3) is 0 Å². The summed E-state index contributed by atoms with van der Waals surface area (Å²) in [7, 11) is 0. The standard InChI is InChI=1S/C24H23ClN2O6/c1-24(2,3)32-23(31)26-12-18(14-8-10-15(25)11-9-14)19(13-26)22(30)33-27-20(28)16-6-4-5-7-17(16)21(27)29/h4-11,18-19H,12-13H2,1-3H3/t18-,19+/m1/s1. The lowest BCUT2D eigenvalue weighted by Crippen LogP contribution is -2.38. The molecule has 172 valence electrons. The lowest BCUT2D eigenvalue weighted by Gasteiger charge is -2.24. The molecule has 0 aromatic heterocycles. The second-order valence-corrected chi connectivity index (χ2v) is 9.45. The highest BCUT2D eigenvalue weighted by molar-refractivity contribution is 6.30. The van der Waals surface area contributed by atoms with Gasteiger partial charge >= 0.3 is 12.1 Å². The van der Waals surface area contributed by atoms with Crippen LogP contribution in [0.2, 0.25) is 5.02 Å². The Morgan fingerprint density at radius 3 is 2.06 bits per heavy atom. The van der Waals surface area contributed by atoms with Crippen molar-refractivity contribution in [3.8, 4) is 0 Å². The normalized spacial score (nSPS) is 20.1. The van der Waals surface area contributed by atoms with E-state index in [1.54, 1.807) is 57.2 Å². The lowest BCUT2D eigenvalue weighted by molar-refractivity contribution is -0.173. The van der Waals surface area contributed by atoms with Gasteiger partial charge in [-0.3, -0.25) is 9.59 Å². The molecule has 0 radical (unpaired) electrons. The molecule has 33 heavy (non-hydrogen) atoms. The zero-order chi connectivity index (χ0) is 23.9. The third-order valence-electron chi connectivity index (χ3n) is 5.51. The van der Waals surface area contributed by atoms with Crippen LogP contribution < -0.4 is 0 Å². The minimum atomic E-state index is -0.817. The first-order chi connectivity index (χ1) is 15.5. The molecule has 2 heterocycles. The van der Waals surface area contributed by atoms with Gasteiger partial charge in [0.1, 0.15) is 5.60 Å². The van der Waals surface area contributed by atoms with Crippen LogP contribution in [0.3, 0.4) is 0 Å². The highest BCUT2D eigenvalue weighted by Gasteiger charge is 2.46. The van der Waals surface area contributed by atoms with Crippen molar-refractivity contribution in [1.29, 1.82) is 0 Å². The number of hydrogen-bond acceptors (Lipinski definition) is 6. The molecule has 9 heteroatoms. The van der Waals surface area contributed by atoms with Crippen molar-refractivity contribution in [2.75, 3.05) is 13.1 Å². The monoisotopic (exact) mass is 470 g/mol. The summed E-state index contributed by atoms with van der Waals surface area (Å²) in [5.41, 5.74) is 0.415. The Kier molecular flexibility index (Phi) is 5.88. The zero-order valence-corrected chi connectivity index (χ0v) is 19.2. The number of halogens is 1. The molecule has 1 saturated heterocycles. The Balaban J connectivity index is 1.57. The second kappa shape index (κ2) is 8.51. The average Bonchev–Trinajstić information content (AvgIpc) is 3.30. The highest BCUT2D eigenvalue weighted by atomic mass is 35.5. The minimum absolute atomic E-state index is 0.0181. The van der Waals surface area contributed by atoms with Gasteiger partial charge in [-0.25, -0.2) is 9.59 Å². The molecular weight excluding hydrogens is 448 g/mol. The fourth-order valence-electron chi connectivity index (χ4n) is 3.97. The fraction of sp³-hybridized carbons (Fsp3) is 0.333. The summed E-state index contributed by atoms with van der Waals surface area (Å²) < 4.78 is 5.46. The number of fused-ring (bicyclic) bond motifs is 1. The van der Waals surface area contributed by atoms with Gasteiger partial charge in [-0.05, 0) is 50.6 Å². The maximum Gasteiger partial charge on any atom is 0.410 e. The van der Waals surface area contributed by atoms with Crippen LogP contribution in [0.5, 0.6) is 0 Å². The SMILES string of the molecule is CC(C)(C)OC(=O)N1C[C@H](C(=O)ON2C(=O)c3ccccc3C2=O)[C@@H](c2ccc(Cl)cc2)C1. The molecule has 0 unspecified atom stereocenters. The number of carbonyl (C=O) groups is 4. The maximum atomic E-state index is 13.2. The van der Waals surface area contributed by atoms with Gasteiger partial charge in [-0.2, -0.15) is 0 Å². The number of amides is 3. The predicted molar refractivity (Wildman–Crippen MR) is 119 cm³/mol. The molecule has 0 saturated carbocycles. The molecule has 2 atom stereocenters. The van der Waals surface area contributed by atoms with Gasteiger partial charge in [-0.15, -0.1) is 0 Å². The zero-order valence-electron chi connectivity index (χ0n) is 18.4. The number of rotatable bonds is 3. The van der Waals surface area contributed by atoms with Crippen LogP contribution in [0.4, 0.5) is 4.79 Å². The molecule has 1 fully saturated rings. The molecule has 0 bridgehead atoms. The predicted octanol–water partition coefficient (Wildman–Crippen LogP) is 4.04. The summed E-state index contributed by atoms with van der Waals surface area (Å²) in [6, 6.07) is 13.2. The number of carbonyl (C=O) groups excluding carboxylic acids is 4. The van der Waals surface area contributed by atoms with Crippen molar-refractivity contribution in [2.45, 2.75) is 32.3 Å². The largest absolute Gasteiger partial charge is 0.444 e. The van der Waals surface area contributed by atoms with E-state index in [9.17, 15) is 19.2 Å². The molecule has 4 rings (SSSR count). The highest BCUT2D eigenvalue weighted by Crippen LogP contribution is 2.36. The summed E-state index contributed by atoms with van der Waals surface area (Å²) in [6.07, 6.45) is -0.558. The van der Waals surface area contributed by atoms with Crippen molar-refractivity contribution in [3.05, 3.63) is 70.2 Å². The van der Waals surface area contributed by atoms with Gasteiger partial charge < -0.3 is 14.5 Å². The number of hydroxylamine groups is 2. The topological polar surface area (TPSA) is 93.2 Å². The van der Waals surface area contributed by atoms with Crippen molar-refractivity contribution in [3.63, 3.8) is 0 Å². The van der Waals surface area contributed by atoms with E-state index < -0.39 is 41.3 Å². The van der Waals surface area contributed by atoms with Crippen molar-refractivity contribution in [2.24, 2.45) is 5.92 Å². The van der Waals surface area contributed by atoms with Crippen molar-refractivity contribution in [1.82, 2.24) is 9.96 Å². The van der Waals surface area contributed by atoms with Crippen LogP contribution in [0.15, 0.2) is 48.5 Å². The van der Waals surface area contributed by atoms with Gasteiger partial charge in [0.15, 0.2) is 0 Å². The minimum Gasteiger partial charge on any atom is -0.444 e. The first-order valence-electron chi connectivity index (χ1n) is 10.5. The van der Waals surface area contributed by atoms with E-state index in [1.165, 1.54) is 17.0 Å². The molecule has 2 aliphatic heterocycles. The van der Waals surface area contributed by atoms with Gasteiger partial charge in [0.25, 0.3) is 11.8 Å². The molecule has 2 aromatic rings. The summed E-state index contributed by atoms with van der Waals surface area (Å²) in [5.74, 6) is -3.43. The molecule has 2 aliphatic rings. The Labute approximate surface area is 196 Å². The Bertz CT molecular complexity index is 1090. The Morgan fingerprint density at radius 2 is 1.52 bits per heavy atom. The van der Waals surface area contributed by atoms with E-state index in [1.807, 2.05) is 0 Å². The first kappa shape index (κ1) is 22.8. The van der Waals surface area contributed by atoms with Crippen LogP contribution >= 0.6 is 11.6 Å². The van der Waals surface area contributed by atoms with E-state index in [2.05, 4.69) is 0 Å². The number of nitrogens with zero attached hydrogens (tertiary/aromatic N) is 2. The van der Waals surface area contributed by atoms with Crippen LogP contribution in [-0.4, -0.2) is 52.5 Å². The molecule has 3 amide bonds. The third kappa shape index (κ3) is 4.57. The molecular formula is C24H23ClN2O6. The van der Waals surface area contributed by atoms with Gasteiger partial charge in [0.2, 0.25) is 0 Å². The number of imide groups is 1.